The second-order valence-electron chi connectivity index (χ2n) is 7.64. The third kappa shape index (κ3) is 9.49. The van der Waals surface area contributed by atoms with Crippen LogP contribution >= 0.6 is 0 Å². The van der Waals surface area contributed by atoms with Crippen LogP contribution < -0.4 is 26.4 Å². The van der Waals surface area contributed by atoms with Gasteiger partial charge in [-0.15, -0.1) is 0 Å². The first-order valence-corrected chi connectivity index (χ1v) is 11.1. The molecule has 2 aromatic rings. The molecule has 0 aliphatic rings. The highest BCUT2D eigenvalue weighted by Gasteiger charge is 2.17. The fraction of sp³-hybridized carbons (Fsp3) is 0.316. The molecule has 0 saturated carbocycles. The summed E-state index contributed by atoms with van der Waals surface area (Å²) in [5.74, 6) is -0.868. The summed E-state index contributed by atoms with van der Waals surface area (Å²) >= 11 is 0. The molecule has 1 heterocycles. The number of carbonyl (C=O) groups is 3. The van der Waals surface area contributed by atoms with Crippen molar-refractivity contribution in [1.29, 1.82) is 0 Å². The number of primary sulfonamides is 1. The fourth-order valence-corrected chi connectivity index (χ4v) is 2.76. The van der Waals surface area contributed by atoms with Gasteiger partial charge in [0.1, 0.15) is 18.0 Å². The van der Waals surface area contributed by atoms with Crippen molar-refractivity contribution < 1.29 is 27.5 Å². The maximum absolute atomic E-state index is 12.0. The van der Waals surface area contributed by atoms with Gasteiger partial charge in [-0.2, -0.15) is 4.98 Å². The summed E-state index contributed by atoms with van der Waals surface area (Å²) in [6, 6.07) is 7.21. The monoisotopic (exact) mass is 479 g/mol. The molecule has 0 unspecified atom stereocenters. The summed E-state index contributed by atoms with van der Waals surface area (Å²) in [7, 11) is -3.80. The zero-order valence-corrected chi connectivity index (χ0v) is 19.0. The molecule has 3 amide bonds. The van der Waals surface area contributed by atoms with E-state index in [0.29, 0.717) is 11.5 Å². The molecule has 13 nitrogen and oxygen atoms in total. The Labute approximate surface area is 190 Å². The molecule has 0 fully saturated rings. The van der Waals surface area contributed by atoms with E-state index < -0.39 is 33.5 Å². The zero-order chi connectivity index (χ0) is 24.6. The highest BCUT2D eigenvalue weighted by atomic mass is 32.2. The van der Waals surface area contributed by atoms with E-state index in [2.05, 4.69) is 31.2 Å². The molecule has 6 N–H and O–H groups in total. The Morgan fingerprint density at radius 3 is 2.24 bits per heavy atom. The minimum atomic E-state index is -3.80. The van der Waals surface area contributed by atoms with E-state index in [0.717, 1.165) is 0 Å². The number of benzene rings is 1. The normalized spacial score (nSPS) is 11.3. The molecule has 0 radical (unpaired) electrons. The van der Waals surface area contributed by atoms with Gasteiger partial charge in [0, 0.05) is 11.9 Å². The van der Waals surface area contributed by atoms with E-state index in [4.69, 9.17) is 9.88 Å². The number of ether oxygens (including phenoxy) is 1. The Kier molecular flexibility index (Phi) is 8.26. The minimum absolute atomic E-state index is 0.0210. The molecule has 0 aliphatic heterocycles. The van der Waals surface area contributed by atoms with Crippen molar-refractivity contribution in [2.75, 3.05) is 23.7 Å². The molecule has 33 heavy (non-hydrogen) atoms. The first kappa shape index (κ1) is 25.5. The summed E-state index contributed by atoms with van der Waals surface area (Å²) in [4.78, 5) is 43.3. The zero-order valence-electron chi connectivity index (χ0n) is 18.2. The van der Waals surface area contributed by atoms with Gasteiger partial charge in [-0.25, -0.2) is 23.3 Å². The van der Waals surface area contributed by atoms with Crippen LogP contribution in [0, 0.1) is 0 Å². The average molecular weight is 480 g/mol. The number of nitrogens with two attached hydrogens (primary N) is 1. The van der Waals surface area contributed by atoms with E-state index in [1.807, 2.05) is 0 Å². The molecule has 2 rings (SSSR count). The molecule has 0 atom stereocenters. The fourth-order valence-electron chi connectivity index (χ4n) is 2.24. The summed E-state index contributed by atoms with van der Waals surface area (Å²) in [6.07, 6.45) is 0.645. The maximum atomic E-state index is 12.0. The number of carbonyl (C=O) groups excluding carboxylic acids is 3. The molecule has 0 bridgehead atoms. The van der Waals surface area contributed by atoms with Crippen molar-refractivity contribution in [1.82, 2.24) is 20.6 Å². The lowest BCUT2D eigenvalue weighted by molar-refractivity contribution is -0.123. The predicted octanol–water partition coefficient (Wildman–Crippen LogP) is 0.447. The Morgan fingerprint density at radius 2 is 1.64 bits per heavy atom. The molecule has 14 heteroatoms. The predicted molar refractivity (Wildman–Crippen MR) is 119 cm³/mol. The van der Waals surface area contributed by atoms with Crippen LogP contribution in [-0.2, 0) is 24.3 Å². The van der Waals surface area contributed by atoms with Crippen LogP contribution in [-0.4, -0.2) is 55.0 Å². The number of alkyl carbamates (subject to hydrolysis) is 1. The molecule has 1 aromatic heterocycles. The number of hydrogen-bond donors (Lipinski definition) is 5. The molecule has 0 aliphatic carbocycles. The Bertz CT molecular complexity index is 1110. The number of rotatable bonds is 8. The second-order valence-corrected chi connectivity index (χ2v) is 9.20. The van der Waals surface area contributed by atoms with Gasteiger partial charge >= 0.3 is 6.09 Å². The van der Waals surface area contributed by atoms with Crippen LogP contribution in [0.25, 0.3) is 0 Å². The van der Waals surface area contributed by atoms with Gasteiger partial charge in [0.25, 0.3) is 0 Å². The third-order valence-electron chi connectivity index (χ3n) is 3.60. The number of sulfonamides is 1. The molecule has 1 aromatic carbocycles. The number of amides is 3. The van der Waals surface area contributed by atoms with E-state index in [1.165, 1.54) is 36.5 Å². The van der Waals surface area contributed by atoms with Crippen LogP contribution in [0.4, 0.5) is 22.2 Å². The van der Waals surface area contributed by atoms with E-state index >= 15 is 0 Å². The van der Waals surface area contributed by atoms with E-state index in [9.17, 15) is 22.8 Å². The third-order valence-corrected chi connectivity index (χ3v) is 4.53. The van der Waals surface area contributed by atoms with Crippen LogP contribution in [0.5, 0.6) is 0 Å². The average Bonchev–Trinajstić information content (AvgIpc) is 2.69. The number of hydrogen-bond acceptors (Lipinski definition) is 9. The van der Waals surface area contributed by atoms with Crippen LogP contribution in [0.1, 0.15) is 20.8 Å². The number of anilines is 3. The summed E-state index contributed by atoms with van der Waals surface area (Å²) in [5, 5.41) is 15.0. The van der Waals surface area contributed by atoms with Gasteiger partial charge in [0.2, 0.25) is 27.8 Å². The quantitative estimate of drug-likeness (QED) is 0.357. The molecule has 0 spiro atoms. The molecular weight excluding hydrogens is 454 g/mol. The molecular formula is C19H25N7O6S. The number of nitrogens with zero attached hydrogens (tertiary/aromatic N) is 2. The molecule has 0 saturated heterocycles. The van der Waals surface area contributed by atoms with Gasteiger partial charge in [-0.3, -0.25) is 14.9 Å². The number of nitrogens with one attached hydrogen (secondary N) is 4. The standard InChI is InChI=1S/C19H25N7O6S/c1-19(2,3)32-18(29)23-10-15(27)22-11-16(28)26-17-21-9-8-14(25-17)24-12-4-6-13(7-5-12)33(20,30)31/h4-9H,10-11H2,1-3H3,(H,22,27)(H,23,29)(H2,20,30,31)(H2,21,24,25,26,28). The molecule has 178 valence electrons. The minimum Gasteiger partial charge on any atom is -0.444 e. The van der Waals surface area contributed by atoms with E-state index in [-0.39, 0.29) is 23.9 Å². The topological polar surface area (TPSA) is 194 Å². The maximum Gasteiger partial charge on any atom is 0.408 e. The summed E-state index contributed by atoms with van der Waals surface area (Å²) in [5.41, 5.74) is -0.165. The first-order valence-electron chi connectivity index (χ1n) is 9.58. The lowest BCUT2D eigenvalue weighted by atomic mass is 10.2. The highest BCUT2D eigenvalue weighted by molar-refractivity contribution is 7.89. The highest BCUT2D eigenvalue weighted by Crippen LogP contribution is 2.17. The van der Waals surface area contributed by atoms with Crippen molar-refractivity contribution in [3.8, 4) is 0 Å². The summed E-state index contributed by atoms with van der Waals surface area (Å²) < 4.78 is 27.6. The van der Waals surface area contributed by atoms with Crippen LogP contribution in [0.3, 0.4) is 0 Å². The lowest BCUT2D eigenvalue weighted by Gasteiger charge is -2.19. The van der Waals surface area contributed by atoms with Crippen LogP contribution in [0.15, 0.2) is 41.4 Å². The van der Waals surface area contributed by atoms with Gasteiger partial charge in [0.15, 0.2) is 0 Å². The SMILES string of the molecule is CC(C)(C)OC(=O)NCC(=O)NCC(=O)Nc1nccc(Nc2ccc(S(N)(=O)=O)cc2)n1. The van der Waals surface area contributed by atoms with Gasteiger partial charge < -0.3 is 20.7 Å². The van der Waals surface area contributed by atoms with Crippen molar-refractivity contribution in [3.05, 3.63) is 36.5 Å². The van der Waals surface area contributed by atoms with Crippen molar-refractivity contribution in [2.45, 2.75) is 31.3 Å². The van der Waals surface area contributed by atoms with Gasteiger partial charge in [-0.1, -0.05) is 0 Å². The van der Waals surface area contributed by atoms with Crippen LogP contribution in [0.2, 0.25) is 0 Å². The second kappa shape index (κ2) is 10.7. The van der Waals surface area contributed by atoms with Gasteiger partial charge in [0.05, 0.1) is 11.4 Å². The van der Waals surface area contributed by atoms with Crippen molar-refractivity contribution >= 4 is 45.4 Å². The largest absolute Gasteiger partial charge is 0.444 e. The van der Waals surface area contributed by atoms with E-state index in [1.54, 1.807) is 20.8 Å². The Hall–Kier alpha value is -3.78. The smallest absolute Gasteiger partial charge is 0.408 e. The van der Waals surface area contributed by atoms with Crippen molar-refractivity contribution in [3.63, 3.8) is 0 Å². The first-order chi connectivity index (χ1) is 15.3. The Balaban J connectivity index is 1.83. The lowest BCUT2D eigenvalue weighted by Crippen LogP contribution is -2.42. The Morgan fingerprint density at radius 1 is 1.00 bits per heavy atom. The number of aromatic nitrogens is 2. The van der Waals surface area contributed by atoms with Gasteiger partial charge in [-0.05, 0) is 51.1 Å². The van der Waals surface area contributed by atoms with Crippen molar-refractivity contribution in [2.24, 2.45) is 5.14 Å². The summed E-state index contributed by atoms with van der Waals surface area (Å²) in [6.45, 7) is 4.34.